The van der Waals surface area contributed by atoms with Crippen LogP contribution >= 0.6 is 0 Å². The number of ether oxygens (including phenoxy) is 2. The molecule has 0 radical (unpaired) electrons. The lowest BCUT2D eigenvalue weighted by atomic mass is 9.96. The molecule has 2 aromatic rings. The van der Waals surface area contributed by atoms with E-state index >= 15 is 0 Å². The highest BCUT2D eigenvalue weighted by Gasteiger charge is 2.29. The Kier molecular flexibility index (Phi) is 6.76. The van der Waals surface area contributed by atoms with E-state index in [1.807, 2.05) is 29.3 Å². The molecule has 0 spiro atoms. The van der Waals surface area contributed by atoms with Gasteiger partial charge in [-0.25, -0.2) is 9.97 Å². The van der Waals surface area contributed by atoms with E-state index in [-0.39, 0.29) is 11.9 Å². The van der Waals surface area contributed by atoms with Gasteiger partial charge >= 0.3 is 0 Å². The van der Waals surface area contributed by atoms with Crippen LogP contribution in [0.2, 0.25) is 0 Å². The highest BCUT2D eigenvalue weighted by Crippen LogP contribution is 2.25. The van der Waals surface area contributed by atoms with E-state index in [1.165, 1.54) is 11.1 Å². The number of morpholine rings is 1. The van der Waals surface area contributed by atoms with Crippen LogP contribution in [0, 0.1) is 5.92 Å². The van der Waals surface area contributed by atoms with Gasteiger partial charge in [-0.15, -0.1) is 0 Å². The van der Waals surface area contributed by atoms with Crippen LogP contribution in [0.25, 0.3) is 0 Å². The summed E-state index contributed by atoms with van der Waals surface area (Å²) in [5, 5.41) is 0. The summed E-state index contributed by atoms with van der Waals surface area (Å²) in [6, 6.07) is 10.5. The fourth-order valence-electron chi connectivity index (χ4n) is 4.95. The number of nitrogens with zero attached hydrogens (tertiary/aromatic N) is 4. The lowest BCUT2D eigenvalue weighted by Gasteiger charge is -2.37. The molecular formula is C25H32N4O3. The Morgan fingerprint density at radius 1 is 1.06 bits per heavy atom. The second kappa shape index (κ2) is 10.1. The first-order valence-corrected chi connectivity index (χ1v) is 11.8. The van der Waals surface area contributed by atoms with Gasteiger partial charge < -0.3 is 14.4 Å². The molecular weight excluding hydrogens is 404 g/mol. The quantitative estimate of drug-likeness (QED) is 0.717. The third-order valence-electron chi connectivity index (χ3n) is 6.92. The molecule has 0 aliphatic carbocycles. The zero-order chi connectivity index (χ0) is 21.8. The summed E-state index contributed by atoms with van der Waals surface area (Å²) < 4.78 is 11.2. The summed E-state index contributed by atoms with van der Waals surface area (Å²) in [6.07, 6.45) is 5.85. The predicted molar refractivity (Wildman–Crippen MR) is 120 cm³/mol. The van der Waals surface area contributed by atoms with Crippen LogP contribution in [0.1, 0.15) is 41.5 Å². The standard InChI is InChI=1S/C25H32N4O3/c30-25(17-28-10-13-32-18-23(28)20-4-2-1-3-5-20)29-9-6-21-15-26-24(27-22(21)16-29)14-19-7-11-31-12-8-19/h1-5,15,19,23H,6-14,16-18H2/t23-/m1/s1. The number of fused-ring (bicyclic) bond motifs is 1. The first-order valence-electron chi connectivity index (χ1n) is 11.8. The van der Waals surface area contributed by atoms with Crippen molar-refractivity contribution in [2.45, 2.75) is 38.3 Å². The fourth-order valence-corrected chi connectivity index (χ4v) is 4.95. The summed E-state index contributed by atoms with van der Waals surface area (Å²) in [4.78, 5) is 26.9. The van der Waals surface area contributed by atoms with Gasteiger partial charge in [-0.05, 0) is 36.3 Å². The van der Waals surface area contributed by atoms with Crippen LogP contribution in [-0.2, 0) is 33.7 Å². The van der Waals surface area contributed by atoms with E-state index in [2.05, 4.69) is 22.0 Å². The molecule has 0 unspecified atom stereocenters. The van der Waals surface area contributed by atoms with Crippen LogP contribution in [0.5, 0.6) is 0 Å². The average Bonchev–Trinajstić information content (AvgIpc) is 2.85. The third-order valence-corrected chi connectivity index (χ3v) is 6.92. The van der Waals surface area contributed by atoms with Gasteiger partial charge in [0.25, 0.3) is 0 Å². The SMILES string of the molecule is O=C(CN1CCOC[C@@H]1c1ccccc1)N1CCc2cnc(CC3CCOCC3)nc2C1. The summed E-state index contributed by atoms with van der Waals surface area (Å²) in [7, 11) is 0. The molecule has 4 heterocycles. The Labute approximate surface area is 189 Å². The first-order chi connectivity index (χ1) is 15.8. The largest absolute Gasteiger partial charge is 0.381 e. The van der Waals surface area contributed by atoms with Crippen molar-refractivity contribution in [1.29, 1.82) is 0 Å². The summed E-state index contributed by atoms with van der Waals surface area (Å²) >= 11 is 0. The van der Waals surface area contributed by atoms with E-state index in [4.69, 9.17) is 14.5 Å². The summed E-state index contributed by atoms with van der Waals surface area (Å²) in [5.41, 5.74) is 3.40. The minimum atomic E-state index is 0.124. The van der Waals surface area contributed by atoms with Gasteiger partial charge in [-0.1, -0.05) is 30.3 Å². The van der Waals surface area contributed by atoms with E-state index in [0.29, 0.717) is 32.2 Å². The number of carbonyl (C=O) groups excluding carboxylic acids is 1. The molecule has 2 saturated heterocycles. The smallest absolute Gasteiger partial charge is 0.237 e. The van der Waals surface area contributed by atoms with Crippen LogP contribution < -0.4 is 0 Å². The number of carbonyl (C=O) groups is 1. The zero-order valence-corrected chi connectivity index (χ0v) is 18.6. The number of rotatable bonds is 5. The lowest BCUT2D eigenvalue weighted by Crippen LogP contribution is -2.47. The topological polar surface area (TPSA) is 67.8 Å². The molecule has 0 N–H and O–H groups in total. The molecule has 1 amide bonds. The molecule has 1 aromatic heterocycles. The van der Waals surface area contributed by atoms with Gasteiger partial charge in [0.1, 0.15) is 5.82 Å². The number of amides is 1. The van der Waals surface area contributed by atoms with Gasteiger partial charge in [0.2, 0.25) is 5.91 Å². The van der Waals surface area contributed by atoms with Gasteiger partial charge in [-0.3, -0.25) is 9.69 Å². The second-order valence-electron chi connectivity index (χ2n) is 9.06. The first kappa shape index (κ1) is 21.5. The molecule has 3 aliphatic rings. The molecule has 32 heavy (non-hydrogen) atoms. The normalized spacial score (nSPS) is 22.5. The average molecular weight is 437 g/mol. The zero-order valence-electron chi connectivity index (χ0n) is 18.6. The van der Waals surface area contributed by atoms with Gasteiger partial charge in [0, 0.05) is 38.9 Å². The van der Waals surface area contributed by atoms with Crippen molar-refractivity contribution < 1.29 is 14.3 Å². The maximum Gasteiger partial charge on any atom is 0.237 e. The Morgan fingerprint density at radius 2 is 1.91 bits per heavy atom. The predicted octanol–water partition coefficient (Wildman–Crippen LogP) is 2.40. The van der Waals surface area contributed by atoms with Gasteiger partial charge in [-0.2, -0.15) is 0 Å². The molecule has 7 heteroatoms. The molecule has 5 rings (SSSR count). The van der Waals surface area contributed by atoms with Crippen molar-refractivity contribution in [1.82, 2.24) is 19.8 Å². The number of hydrogen-bond acceptors (Lipinski definition) is 6. The highest BCUT2D eigenvalue weighted by molar-refractivity contribution is 5.78. The fraction of sp³-hybridized carbons (Fsp3) is 0.560. The number of hydrogen-bond donors (Lipinski definition) is 0. The van der Waals surface area contributed by atoms with Gasteiger partial charge in [0.05, 0.1) is 38.0 Å². The van der Waals surface area contributed by atoms with Crippen LogP contribution in [0.15, 0.2) is 36.5 Å². The number of benzene rings is 1. The van der Waals surface area contributed by atoms with Crippen molar-refractivity contribution >= 4 is 5.91 Å². The Morgan fingerprint density at radius 3 is 2.75 bits per heavy atom. The third kappa shape index (κ3) is 5.00. The van der Waals surface area contributed by atoms with Crippen LogP contribution in [-0.4, -0.2) is 71.7 Å². The van der Waals surface area contributed by atoms with E-state index in [1.54, 1.807) is 0 Å². The second-order valence-corrected chi connectivity index (χ2v) is 9.06. The molecule has 0 saturated carbocycles. The Balaban J connectivity index is 1.23. The molecule has 1 aromatic carbocycles. The molecule has 2 fully saturated rings. The number of aromatic nitrogens is 2. The monoisotopic (exact) mass is 436 g/mol. The van der Waals surface area contributed by atoms with E-state index in [9.17, 15) is 4.79 Å². The van der Waals surface area contributed by atoms with E-state index in [0.717, 1.165) is 63.5 Å². The molecule has 170 valence electrons. The van der Waals surface area contributed by atoms with Crippen molar-refractivity contribution in [3.05, 3.63) is 59.2 Å². The summed E-state index contributed by atoms with van der Waals surface area (Å²) in [5.74, 6) is 1.67. The molecule has 1 atom stereocenters. The van der Waals surface area contributed by atoms with Crippen molar-refractivity contribution in [2.75, 3.05) is 46.1 Å². The van der Waals surface area contributed by atoms with Crippen LogP contribution in [0.3, 0.4) is 0 Å². The summed E-state index contributed by atoms with van der Waals surface area (Å²) in [6.45, 7) is 5.47. The molecule has 7 nitrogen and oxygen atoms in total. The maximum absolute atomic E-state index is 13.2. The highest BCUT2D eigenvalue weighted by atomic mass is 16.5. The molecule has 0 bridgehead atoms. The Bertz CT molecular complexity index is 917. The van der Waals surface area contributed by atoms with Crippen molar-refractivity contribution in [3.63, 3.8) is 0 Å². The van der Waals surface area contributed by atoms with Crippen LogP contribution in [0.4, 0.5) is 0 Å². The maximum atomic E-state index is 13.2. The minimum absolute atomic E-state index is 0.124. The minimum Gasteiger partial charge on any atom is -0.381 e. The van der Waals surface area contributed by atoms with Crippen molar-refractivity contribution in [2.24, 2.45) is 5.92 Å². The van der Waals surface area contributed by atoms with Gasteiger partial charge in [0.15, 0.2) is 0 Å². The Hall–Kier alpha value is -2.35. The lowest BCUT2D eigenvalue weighted by molar-refractivity contribution is -0.135. The van der Waals surface area contributed by atoms with Crippen molar-refractivity contribution in [3.8, 4) is 0 Å². The molecule has 3 aliphatic heterocycles. The van der Waals surface area contributed by atoms with E-state index < -0.39 is 0 Å².